The number of methoxy groups -OCH3 is 1. The van der Waals surface area contributed by atoms with Crippen molar-refractivity contribution < 1.29 is 43.2 Å². The van der Waals surface area contributed by atoms with Gasteiger partial charge in [0.1, 0.15) is 17.9 Å². The van der Waals surface area contributed by atoms with E-state index in [1.165, 1.54) is 25.8 Å². The molecule has 0 aliphatic carbocycles. The van der Waals surface area contributed by atoms with E-state index in [4.69, 9.17) is 23.7 Å². The molecular formula is C30H29N3O9S. The molecule has 8 rings (SSSR count). The molecule has 6 heterocycles. The van der Waals surface area contributed by atoms with Gasteiger partial charge in [-0.3, -0.25) is 14.5 Å². The second kappa shape index (κ2) is 9.77. The van der Waals surface area contributed by atoms with Gasteiger partial charge in [0.05, 0.1) is 36.3 Å². The standard InChI is InChI=1S/C30H29N3O9S/c1-12-5-15-6-30(9-31)10-32-21(18(15)23(36)24(12)38-4)22-28-20-19(16(33(22)30)7-39-29(37)17(35)8-43-28)27-26(40-11-41-27)13(2)25(20)42-14(3)34/h5,16,21-22,28,32,36H,6-8,10-11H2,1-4H3/t16-,21?,22?,28+,30?/m0/s1. The zero-order valence-corrected chi connectivity index (χ0v) is 24.8. The molecule has 2 saturated heterocycles. The van der Waals surface area contributed by atoms with Crippen molar-refractivity contribution in [1.29, 1.82) is 5.26 Å². The maximum atomic E-state index is 12.9. The van der Waals surface area contributed by atoms with Gasteiger partial charge in [0.2, 0.25) is 12.6 Å². The van der Waals surface area contributed by atoms with E-state index < -0.39 is 46.6 Å². The van der Waals surface area contributed by atoms with E-state index in [9.17, 15) is 24.8 Å². The molecule has 4 unspecified atom stereocenters. The maximum Gasteiger partial charge on any atom is 0.375 e. The number of nitriles is 1. The molecule has 6 aliphatic rings. The topological polar surface area (TPSA) is 157 Å². The predicted octanol–water partition coefficient (Wildman–Crippen LogP) is 2.46. The third kappa shape index (κ3) is 3.79. The van der Waals surface area contributed by atoms with E-state index in [2.05, 4.69) is 16.3 Å². The normalized spacial score (nSPS) is 29.9. The number of ether oxygens (including phenoxy) is 5. The number of hydrogen-bond donors (Lipinski definition) is 2. The lowest BCUT2D eigenvalue weighted by Gasteiger charge is -2.57. The van der Waals surface area contributed by atoms with Crippen LogP contribution in [0.25, 0.3) is 0 Å². The van der Waals surface area contributed by atoms with E-state index in [1.54, 1.807) is 6.92 Å². The quantitative estimate of drug-likeness (QED) is 0.292. The number of rotatable bonds is 2. The van der Waals surface area contributed by atoms with E-state index in [-0.39, 0.29) is 43.6 Å². The fourth-order valence-electron chi connectivity index (χ4n) is 7.57. The van der Waals surface area contributed by atoms with Crippen LogP contribution in [0, 0.1) is 25.2 Å². The molecule has 0 aromatic heterocycles. The summed E-state index contributed by atoms with van der Waals surface area (Å²) in [6.07, 6.45) is 0.259. The first-order valence-corrected chi connectivity index (χ1v) is 14.9. The minimum atomic E-state index is -1.16. The van der Waals surface area contributed by atoms with Crippen molar-refractivity contribution in [2.24, 2.45) is 0 Å². The number of hydrogen-bond acceptors (Lipinski definition) is 13. The van der Waals surface area contributed by atoms with Gasteiger partial charge < -0.3 is 34.1 Å². The smallest absolute Gasteiger partial charge is 0.375 e. The average molecular weight is 608 g/mol. The van der Waals surface area contributed by atoms with Crippen LogP contribution in [-0.4, -0.2) is 72.1 Å². The van der Waals surface area contributed by atoms with Crippen molar-refractivity contribution >= 4 is 29.5 Å². The molecule has 0 spiro atoms. The fraction of sp³-hybridized carbons (Fsp3) is 0.467. The van der Waals surface area contributed by atoms with Crippen LogP contribution in [0.15, 0.2) is 6.07 Å². The second-order valence-electron chi connectivity index (χ2n) is 11.4. The number of Topliss-reactive ketones (excluding diaryl/α,β-unsaturated/α-hetero) is 1. The van der Waals surface area contributed by atoms with Crippen LogP contribution in [0.2, 0.25) is 0 Å². The van der Waals surface area contributed by atoms with Crippen LogP contribution in [0.3, 0.4) is 0 Å². The summed E-state index contributed by atoms with van der Waals surface area (Å²) in [4.78, 5) is 40.1. The number of nitrogens with one attached hydrogen (secondary N) is 1. The summed E-state index contributed by atoms with van der Waals surface area (Å²) in [6.45, 7) is 4.84. The van der Waals surface area contributed by atoms with Crippen molar-refractivity contribution in [3.63, 3.8) is 0 Å². The van der Waals surface area contributed by atoms with Crippen molar-refractivity contribution in [1.82, 2.24) is 10.2 Å². The molecule has 4 bridgehead atoms. The second-order valence-corrected chi connectivity index (χ2v) is 12.6. The molecule has 2 aromatic carbocycles. The van der Waals surface area contributed by atoms with Gasteiger partial charge in [-0.1, -0.05) is 6.07 Å². The summed E-state index contributed by atoms with van der Waals surface area (Å²) in [7, 11) is 1.49. The Balaban J connectivity index is 1.57. The van der Waals surface area contributed by atoms with Gasteiger partial charge in [-0.25, -0.2) is 4.79 Å². The van der Waals surface area contributed by atoms with Crippen molar-refractivity contribution in [2.45, 2.75) is 56.1 Å². The zero-order valence-electron chi connectivity index (χ0n) is 23.9. The Morgan fingerprint density at radius 3 is 2.67 bits per heavy atom. The molecule has 2 aromatic rings. The van der Waals surface area contributed by atoms with Gasteiger partial charge >= 0.3 is 11.9 Å². The lowest BCUT2D eigenvalue weighted by atomic mass is 9.76. The first-order valence-electron chi connectivity index (χ1n) is 13.9. The molecule has 12 nitrogen and oxygen atoms in total. The monoisotopic (exact) mass is 607 g/mol. The van der Waals surface area contributed by atoms with Gasteiger partial charge in [0, 0.05) is 48.2 Å². The Morgan fingerprint density at radius 2 is 1.95 bits per heavy atom. The third-order valence-electron chi connectivity index (χ3n) is 9.12. The molecule has 0 amide bonds. The van der Waals surface area contributed by atoms with Gasteiger partial charge in [0.15, 0.2) is 23.0 Å². The predicted molar refractivity (Wildman–Crippen MR) is 150 cm³/mol. The minimum Gasteiger partial charge on any atom is -0.504 e. The highest BCUT2D eigenvalue weighted by Crippen LogP contribution is 2.63. The first kappa shape index (κ1) is 27.8. The Bertz CT molecular complexity index is 1670. The van der Waals surface area contributed by atoms with E-state index in [0.29, 0.717) is 39.5 Å². The number of benzene rings is 2. The number of aromatic hydroxyl groups is 1. The van der Waals surface area contributed by atoms with Crippen LogP contribution < -0.4 is 24.3 Å². The summed E-state index contributed by atoms with van der Waals surface area (Å²) in [5.41, 5.74) is 2.72. The van der Waals surface area contributed by atoms with Crippen molar-refractivity contribution in [2.75, 3.05) is 32.8 Å². The number of esters is 2. The number of thioether (sulfide) groups is 1. The van der Waals surface area contributed by atoms with E-state index in [0.717, 1.165) is 11.1 Å². The summed E-state index contributed by atoms with van der Waals surface area (Å²) >= 11 is 1.20. The fourth-order valence-corrected chi connectivity index (χ4v) is 8.90. The third-order valence-corrected chi connectivity index (χ3v) is 10.4. The summed E-state index contributed by atoms with van der Waals surface area (Å²) < 4.78 is 29.0. The number of cyclic esters (lactones) is 1. The molecular weight excluding hydrogens is 578 g/mol. The minimum absolute atomic E-state index is 0.0200. The maximum absolute atomic E-state index is 12.9. The zero-order chi connectivity index (χ0) is 30.4. The number of ketones is 1. The number of carbonyl (C=O) groups excluding carboxylic acids is 3. The number of phenolic OH excluding ortho intramolecular Hbond substituents is 1. The number of fused-ring (bicyclic) bond motifs is 6. The highest BCUT2D eigenvalue weighted by molar-refractivity contribution is 8.00. The summed E-state index contributed by atoms with van der Waals surface area (Å²) in [5.74, 6) is -0.966. The lowest BCUT2D eigenvalue weighted by molar-refractivity contribution is -0.156. The Kier molecular flexibility index (Phi) is 6.32. The molecule has 2 N–H and O–H groups in total. The molecule has 6 aliphatic heterocycles. The number of nitrogens with zero attached hydrogens (tertiary/aromatic N) is 2. The van der Waals surface area contributed by atoms with E-state index >= 15 is 0 Å². The molecule has 13 heteroatoms. The largest absolute Gasteiger partial charge is 0.504 e. The highest BCUT2D eigenvalue weighted by Gasteiger charge is 2.62. The molecule has 224 valence electrons. The molecule has 2 fully saturated rings. The first-order chi connectivity index (χ1) is 20.6. The van der Waals surface area contributed by atoms with E-state index in [1.807, 2.05) is 13.0 Å². The van der Waals surface area contributed by atoms with Crippen molar-refractivity contribution in [3.8, 4) is 34.8 Å². The summed E-state index contributed by atoms with van der Waals surface area (Å²) in [6, 6.07) is 2.64. The highest BCUT2D eigenvalue weighted by atomic mass is 32.2. The molecule has 6 atom stereocenters. The lowest BCUT2D eigenvalue weighted by Crippen LogP contribution is -2.69. The number of carbonyl (C=O) groups is 3. The van der Waals surface area contributed by atoms with Gasteiger partial charge in [0.25, 0.3) is 0 Å². The number of piperazine rings is 1. The number of phenols is 1. The van der Waals surface area contributed by atoms with Crippen LogP contribution >= 0.6 is 11.8 Å². The molecule has 43 heavy (non-hydrogen) atoms. The van der Waals surface area contributed by atoms with Crippen LogP contribution in [-0.2, 0) is 25.5 Å². The van der Waals surface area contributed by atoms with Crippen LogP contribution in [0.1, 0.15) is 57.6 Å². The SMILES string of the molecule is COc1c(C)cc2c(c1O)C1NCC(C#N)(C2)N2C1[C@@H]1SCC(=O)C(=O)OC[C@H]2c2c3c(c(C)c(OC(C)=O)c21)OCO3. The average Bonchev–Trinajstić information content (AvgIpc) is 3.36. The van der Waals surface area contributed by atoms with Gasteiger partial charge in [-0.2, -0.15) is 5.26 Å². The van der Waals surface area contributed by atoms with Gasteiger partial charge in [-0.05, 0) is 25.0 Å². The summed E-state index contributed by atoms with van der Waals surface area (Å²) in [5, 5.41) is 25.5. The van der Waals surface area contributed by atoms with Crippen molar-refractivity contribution in [3.05, 3.63) is 39.4 Å². The van der Waals surface area contributed by atoms with Gasteiger partial charge in [-0.15, -0.1) is 11.8 Å². The molecule has 0 saturated carbocycles. The Hall–Kier alpha value is -3.99. The number of aryl methyl sites for hydroxylation is 1. The molecule has 0 radical (unpaired) electrons. The Morgan fingerprint density at radius 1 is 1.19 bits per heavy atom. The Labute approximate surface area is 251 Å². The van der Waals surface area contributed by atoms with Crippen LogP contribution in [0.5, 0.6) is 28.7 Å². The van der Waals surface area contributed by atoms with Crippen LogP contribution in [0.4, 0.5) is 0 Å².